The van der Waals surface area contributed by atoms with Gasteiger partial charge >= 0.3 is 13.1 Å². The number of primary amides is 1. The van der Waals surface area contributed by atoms with Gasteiger partial charge in [0.25, 0.3) is 5.91 Å². The Morgan fingerprint density at radius 1 is 1.48 bits per heavy atom. The van der Waals surface area contributed by atoms with Crippen LogP contribution >= 0.6 is 11.6 Å². The highest BCUT2D eigenvalue weighted by Gasteiger charge is 2.30. The predicted octanol–water partition coefficient (Wildman–Crippen LogP) is 0.852. The fourth-order valence-electron chi connectivity index (χ4n) is 2.78. The van der Waals surface area contributed by atoms with Crippen LogP contribution in [0.2, 0.25) is 11.8 Å². The Kier molecular flexibility index (Phi) is 6.52. The molecule has 0 bridgehead atoms. The van der Waals surface area contributed by atoms with Gasteiger partial charge in [-0.05, 0) is 31.9 Å². The number of amides is 3. The third kappa shape index (κ3) is 5.25. The summed E-state index contributed by atoms with van der Waals surface area (Å²) in [6.07, 6.45) is 0. The first-order chi connectivity index (χ1) is 11.8. The third-order valence-corrected chi connectivity index (χ3v) is 4.29. The Labute approximate surface area is 152 Å². The van der Waals surface area contributed by atoms with E-state index in [4.69, 9.17) is 22.1 Å². The number of nitrogens with one attached hydrogen (secondary N) is 1. The quantitative estimate of drug-likeness (QED) is 0.668. The molecule has 1 aromatic carbocycles. The van der Waals surface area contributed by atoms with Crippen LogP contribution in [0.1, 0.15) is 6.92 Å². The monoisotopic (exact) mass is 368 g/mol. The van der Waals surface area contributed by atoms with Crippen LogP contribution in [-0.4, -0.2) is 66.0 Å². The molecule has 1 fully saturated rings. The molecule has 0 unspecified atom stereocenters. The number of ether oxygens (including phenoxy) is 1. The number of carbonyl (C=O) groups excluding carboxylic acids is 2. The molecule has 1 aliphatic heterocycles. The summed E-state index contributed by atoms with van der Waals surface area (Å²) in [7, 11) is -0.535. The first-order valence-electron chi connectivity index (χ1n) is 7.98. The second kappa shape index (κ2) is 8.42. The lowest BCUT2D eigenvalue weighted by Gasteiger charge is -2.40. The predicted molar refractivity (Wildman–Crippen MR) is 96.7 cm³/mol. The second-order valence-corrected chi connectivity index (χ2v) is 6.42. The van der Waals surface area contributed by atoms with Crippen molar-refractivity contribution in [1.82, 2.24) is 9.71 Å². The molecule has 1 heterocycles. The lowest BCUT2D eigenvalue weighted by atomic mass is 9.83. The first kappa shape index (κ1) is 19.4. The van der Waals surface area contributed by atoms with Gasteiger partial charge < -0.3 is 30.5 Å². The molecule has 1 aromatic rings. The molecule has 2 rings (SSSR count). The van der Waals surface area contributed by atoms with Gasteiger partial charge in [0.1, 0.15) is 5.75 Å². The van der Waals surface area contributed by atoms with Crippen LogP contribution in [0, 0.1) is 0 Å². The lowest BCUT2D eigenvalue weighted by molar-refractivity contribution is -0.137. The van der Waals surface area contributed by atoms with Gasteiger partial charge in [-0.3, -0.25) is 4.79 Å². The Bertz CT molecular complexity index is 646. The van der Waals surface area contributed by atoms with Gasteiger partial charge in [-0.15, -0.1) is 0 Å². The summed E-state index contributed by atoms with van der Waals surface area (Å²) < 4.78 is 5.55. The third-order valence-electron chi connectivity index (χ3n) is 4.06. The maximum Gasteiger partial charge on any atom is 0.376 e. The van der Waals surface area contributed by atoms with Crippen molar-refractivity contribution in [3.8, 4) is 5.75 Å². The minimum Gasteiger partial charge on any atom is -0.482 e. The van der Waals surface area contributed by atoms with E-state index in [1.165, 1.54) is 6.07 Å². The molecule has 25 heavy (non-hydrogen) atoms. The number of hydrogen-bond acceptors (Lipinski definition) is 5. The van der Waals surface area contributed by atoms with Gasteiger partial charge in [-0.2, -0.15) is 0 Å². The summed E-state index contributed by atoms with van der Waals surface area (Å²) in [6.45, 7) is 5.17. The number of carbonyl (C=O) groups is 2. The molecule has 1 atom stereocenters. The largest absolute Gasteiger partial charge is 0.482 e. The molecule has 10 heteroatoms. The number of urea groups is 1. The highest BCUT2D eigenvalue weighted by molar-refractivity contribution is 6.45. The van der Waals surface area contributed by atoms with Crippen molar-refractivity contribution in [1.29, 1.82) is 0 Å². The van der Waals surface area contributed by atoms with Gasteiger partial charge in [-0.25, -0.2) is 4.79 Å². The van der Waals surface area contributed by atoms with E-state index in [1.807, 2.05) is 11.7 Å². The van der Waals surface area contributed by atoms with Crippen molar-refractivity contribution in [2.45, 2.75) is 19.8 Å². The number of benzene rings is 1. The Hall–Kier alpha value is -1.97. The normalized spacial score (nSPS) is 17.9. The van der Waals surface area contributed by atoms with Crippen LogP contribution in [-0.2, 0) is 4.79 Å². The molecule has 8 nitrogen and oxygen atoms in total. The van der Waals surface area contributed by atoms with E-state index in [1.54, 1.807) is 23.9 Å². The molecule has 0 radical (unpaired) electrons. The zero-order chi connectivity index (χ0) is 18.6. The smallest absolute Gasteiger partial charge is 0.376 e. The lowest BCUT2D eigenvalue weighted by Crippen LogP contribution is -2.58. The standard InChI is InChI=1S/C15H22BClN4O4/c1-10-8-20(16(2)24)5-6-21(10)14(22)9-25-13-4-3-11(17)7-12(13)19-15(18)23/h3-4,7,10,24H,5-6,8-9H2,1-2H3,(H3,18,19,23)/t10-/m1/s1. The Morgan fingerprint density at radius 3 is 2.80 bits per heavy atom. The van der Waals surface area contributed by atoms with Crippen molar-refractivity contribution >= 4 is 36.3 Å². The van der Waals surface area contributed by atoms with E-state index in [9.17, 15) is 14.6 Å². The van der Waals surface area contributed by atoms with Crippen LogP contribution < -0.4 is 15.8 Å². The topological polar surface area (TPSA) is 108 Å². The van der Waals surface area contributed by atoms with Gasteiger partial charge in [-0.1, -0.05) is 11.6 Å². The first-order valence-corrected chi connectivity index (χ1v) is 8.36. The minimum atomic E-state index is -0.749. The fourth-order valence-corrected chi connectivity index (χ4v) is 2.95. The number of anilines is 1. The van der Waals surface area contributed by atoms with E-state index in [0.29, 0.717) is 36.1 Å². The van der Waals surface area contributed by atoms with Gasteiger partial charge in [0.05, 0.1) is 5.69 Å². The number of halogens is 1. The Morgan fingerprint density at radius 2 is 2.20 bits per heavy atom. The van der Waals surface area contributed by atoms with Gasteiger partial charge in [0.15, 0.2) is 6.61 Å². The summed E-state index contributed by atoms with van der Waals surface area (Å²) in [5.74, 6) is 0.143. The molecule has 4 N–H and O–H groups in total. The molecular formula is C15H22BClN4O4. The number of nitrogens with zero attached hydrogens (tertiary/aromatic N) is 2. The van der Waals surface area contributed by atoms with E-state index in [2.05, 4.69) is 5.32 Å². The average Bonchev–Trinajstić information content (AvgIpc) is 2.53. The highest BCUT2D eigenvalue weighted by atomic mass is 35.5. The van der Waals surface area contributed by atoms with Crippen LogP contribution in [0.4, 0.5) is 10.5 Å². The van der Waals surface area contributed by atoms with Crippen molar-refractivity contribution < 1.29 is 19.3 Å². The summed E-state index contributed by atoms with van der Waals surface area (Å²) in [4.78, 5) is 27.1. The van der Waals surface area contributed by atoms with Crippen molar-refractivity contribution in [2.75, 3.05) is 31.6 Å². The second-order valence-electron chi connectivity index (χ2n) is 5.98. The highest BCUT2D eigenvalue weighted by Crippen LogP contribution is 2.28. The molecule has 136 valence electrons. The minimum absolute atomic E-state index is 0.0344. The SMILES string of the molecule is CB(O)N1CCN(C(=O)COc2ccc(Cl)cc2NC(N)=O)[C@H](C)C1. The van der Waals surface area contributed by atoms with E-state index in [0.717, 1.165) is 0 Å². The molecule has 1 aliphatic rings. The fraction of sp³-hybridized carbons (Fsp3) is 0.467. The molecular weight excluding hydrogens is 346 g/mol. The zero-order valence-corrected chi connectivity index (χ0v) is 15.0. The van der Waals surface area contributed by atoms with Crippen molar-refractivity contribution in [3.05, 3.63) is 23.2 Å². The van der Waals surface area contributed by atoms with E-state index in [-0.39, 0.29) is 18.6 Å². The maximum absolute atomic E-state index is 12.4. The molecule has 0 aliphatic carbocycles. The van der Waals surface area contributed by atoms with E-state index < -0.39 is 13.1 Å². The molecule has 0 spiro atoms. The van der Waals surface area contributed by atoms with Crippen LogP contribution in [0.5, 0.6) is 5.75 Å². The van der Waals surface area contributed by atoms with Crippen LogP contribution in [0.3, 0.4) is 0 Å². The van der Waals surface area contributed by atoms with Crippen LogP contribution in [0.25, 0.3) is 0 Å². The molecule has 0 saturated carbocycles. The number of hydrogen-bond donors (Lipinski definition) is 3. The zero-order valence-electron chi connectivity index (χ0n) is 14.2. The average molecular weight is 369 g/mol. The maximum atomic E-state index is 12.4. The summed E-state index contributed by atoms with van der Waals surface area (Å²) in [5.41, 5.74) is 5.43. The van der Waals surface area contributed by atoms with Gasteiger partial charge in [0.2, 0.25) is 0 Å². The van der Waals surface area contributed by atoms with Gasteiger partial charge in [0, 0.05) is 30.7 Å². The van der Waals surface area contributed by atoms with Crippen molar-refractivity contribution in [2.24, 2.45) is 5.73 Å². The number of nitrogens with two attached hydrogens (primary N) is 1. The molecule has 0 aromatic heterocycles. The molecule has 1 saturated heterocycles. The van der Waals surface area contributed by atoms with E-state index >= 15 is 0 Å². The summed E-state index contributed by atoms with van der Waals surface area (Å²) in [5, 5.41) is 12.5. The van der Waals surface area contributed by atoms with Crippen molar-refractivity contribution in [3.63, 3.8) is 0 Å². The summed E-state index contributed by atoms with van der Waals surface area (Å²) in [6, 6.07) is 3.87. The molecule has 3 amide bonds. The summed E-state index contributed by atoms with van der Waals surface area (Å²) >= 11 is 5.90. The Balaban J connectivity index is 1.97. The number of rotatable bonds is 5. The van der Waals surface area contributed by atoms with Crippen LogP contribution in [0.15, 0.2) is 18.2 Å². The number of piperazine rings is 1.